The number of ether oxygens (including phenoxy) is 1. The molecule has 0 aliphatic rings. The molecule has 1 heterocycles. The number of hydrogen-bond acceptors (Lipinski definition) is 3. The van der Waals surface area contributed by atoms with E-state index < -0.39 is 5.54 Å². The van der Waals surface area contributed by atoms with Crippen molar-refractivity contribution in [3.63, 3.8) is 0 Å². The molecule has 1 unspecified atom stereocenters. The summed E-state index contributed by atoms with van der Waals surface area (Å²) in [5.41, 5.74) is 10.2. The highest BCUT2D eigenvalue weighted by atomic mass is 79.9. The van der Waals surface area contributed by atoms with Crippen LogP contribution in [-0.4, -0.2) is 12.1 Å². The molecule has 0 bridgehead atoms. The lowest BCUT2D eigenvalue weighted by molar-refractivity contribution is 0.404. The van der Waals surface area contributed by atoms with Crippen molar-refractivity contribution in [2.24, 2.45) is 5.73 Å². The lowest BCUT2D eigenvalue weighted by Gasteiger charge is -2.26. The van der Waals surface area contributed by atoms with Crippen LogP contribution in [0.3, 0.4) is 0 Å². The van der Waals surface area contributed by atoms with Crippen molar-refractivity contribution in [1.82, 2.24) is 4.98 Å². The number of methoxy groups -OCH3 is 1. The normalized spacial score (nSPS) is 13.8. The fraction of sp³-hybridized carbons (Fsp3) is 0.353. The first-order valence-corrected chi connectivity index (χ1v) is 7.68. The van der Waals surface area contributed by atoms with Crippen LogP contribution in [0.5, 0.6) is 5.75 Å². The molecule has 0 aliphatic heterocycles. The van der Waals surface area contributed by atoms with Crippen LogP contribution >= 0.6 is 15.9 Å². The maximum absolute atomic E-state index is 6.54. The molecule has 2 aromatic rings. The number of aryl methyl sites for hydroxylation is 1. The van der Waals surface area contributed by atoms with E-state index in [-0.39, 0.29) is 0 Å². The van der Waals surface area contributed by atoms with Gasteiger partial charge in [0.15, 0.2) is 0 Å². The summed E-state index contributed by atoms with van der Waals surface area (Å²) in [5, 5.41) is 0. The van der Waals surface area contributed by atoms with Crippen LogP contribution in [0.1, 0.15) is 29.3 Å². The third-order valence-electron chi connectivity index (χ3n) is 3.77. The summed E-state index contributed by atoms with van der Waals surface area (Å²) in [7, 11) is 1.69. The topological polar surface area (TPSA) is 48.1 Å². The molecule has 0 saturated heterocycles. The minimum absolute atomic E-state index is 0.484. The molecular weight excluding hydrogens is 328 g/mol. The molecule has 0 spiro atoms. The van der Waals surface area contributed by atoms with E-state index in [2.05, 4.69) is 27.0 Å². The molecule has 0 amide bonds. The number of pyridine rings is 1. The van der Waals surface area contributed by atoms with Gasteiger partial charge in [0.2, 0.25) is 0 Å². The van der Waals surface area contributed by atoms with Gasteiger partial charge >= 0.3 is 0 Å². The Bertz CT molecular complexity index is 653. The predicted molar refractivity (Wildman–Crippen MR) is 89.6 cm³/mol. The van der Waals surface area contributed by atoms with Crippen molar-refractivity contribution >= 4 is 15.9 Å². The summed E-state index contributed by atoms with van der Waals surface area (Å²) < 4.78 is 6.50. The first-order chi connectivity index (χ1) is 9.85. The highest BCUT2D eigenvalue weighted by Gasteiger charge is 2.24. The average molecular weight is 349 g/mol. The Balaban J connectivity index is 2.37. The summed E-state index contributed by atoms with van der Waals surface area (Å²) in [6.45, 7) is 6.06. The van der Waals surface area contributed by atoms with Gasteiger partial charge in [0.25, 0.3) is 0 Å². The van der Waals surface area contributed by atoms with Crippen LogP contribution in [0.2, 0.25) is 0 Å². The van der Waals surface area contributed by atoms with Crippen LogP contribution in [0.15, 0.2) is 34.9 Å². The molecule has 1 aromatic carbocycles. The molecule has 4 heteroatoms. The van der Waals surface area contributed by atoms with Crippen LogP contribution in [0.25, 0.3) is 0 Å². The summed E-state index contributed by atoms with van der Waals surface area (Å²) >= 11 is 3.50. The van der Waals surface area contributed by atoms with E-state index in [9.17, 15) is 0 Å². The van der Waals surface area contributed by atoms with Gasteiger partial charge in [-0.3, -0.25) is 4.98 Å². The van der Waals surface area contributed by atoms with E-state index in [0.717, 1.165) is 32.6 Å². The van der Waals surface area contributed by atoms with E-state index in [1.165, 1.54) is 0 Å². The summed E-state index contributed by atoms with van der Waals surface area (Å²) in [5.74, 6) is 0.894. The molecule has 2 N–H and O–H groups in total. The van der Waals surface area contributed by atoms with Crippen molar-refractivity contribution in [2.45, 2.75) is 32.7 Å². The second-order valence-corrected chi connectivity index (χ2v) is 6.57. The van der Waals surface area contributed by atoms with Crippen molar-refractivity contribution in [3.8, 4) is 5.75 Å². The summed E-state index contributed by atoms with van der Waals surface area (Å²) in [4.78, 5) is 4.55. The van der Waals surface area contributed by atoms with Crippen LogP contribution < -0.4 is 10.5 Å². The van der Waals surface area contributed by atoms with Crippen LogP contribution in [0, 0.1) is 13.8 Å². The molecule has 21 heavy (non-hydrogen) atoms. The van der Waals surface area contributed by atoms with Gasteiger partial charge in [-0.1, -0.05) is 28.1 Å². The number of rotatable bonds is 4. The van der Waals surface area contributed by atoms with Crippen molar-refractivity contribution < 1.29 is 4.74 Å². The molecule has 2 rings (SSSR count). The maximum atomic E-state index is 6.54. The Labute approximate surface area is 134 Å². The lowest BCUT2D eigenvalue weighted by Crippen LogP contribution is -2.36. The zero-order chi connectivity index (χ0) is 15.6. The molecule has 0 radical (unpaired) electrons. The van der Waals surface area contributed by atoms with Gasteiger partial charge in [0.05, 0.1) is 7.11 Å². The maximum Gasteiger partial charge on any atom is 0.128 e. The Morgan fingerprint density at radius 2 is 2.05 bits per heavy atom. The van der Waals surface area contributed by atoms with Gasteiger partial charge in [0.1, 0.15) is 5.75 Å². The third-order valence-corrected chi connectivity index (χ3v) is 4.26. The summed E-state index contributed by atoms with van der Waals surface area (Å²) in [6, 6.07) is 8.10. The number of hydrogen-bond donors (Lipinski definition) is 1. The Kier molecular flexibility index (Phi) is 4.69. The lowest BCUT2D eigenvalue weighted by atomic mass is 9.87. The van der Waals surface area contributed by atoms with Crippen molar-refractivity contribution in [2.75, 3.05) is 7.11 Å². The van der Waals surface area contributed by atoms with Crippen molar-refractivity contribution in [1.29, 1.82) is 0 Å². The molecule has 112 valence electrons. The van der Waals surface area contributed by atoms with Crippen LogP contribution in [0.4, 0.5) is 0 Å². The zero-order valence-electron chi connectivity index (χ0n) is 12.9. The molecule has 0 saturated carbocycles. The second kappa shape index (κ2) is 6.16. The Hall–Kier alpha value is -1.39. The van der Waals surface area contributed by atoms with Gasteiger partial charge in [-0.2, -0.15) is 0 Å². The minimum atomic E-state index is -0.484. The number of benzene rings is 1. The van der Waals surface area contributed by atoms with Gasteiger partial charge < -0.3 is 10.5 Å². The van der Waals surface area contributed by atoms with Crippen molar-refractivity contribution in [3.05, 3.63) is 57.3 Å². The van der Waals surface area contributed by atoms with E-state index in [4.69, 9.17) is 10.5 Å². The Morgan fingerprint density at radius 1 is 1.33 bits per heavy atom. The standard InChI is InChI=1S/C17H21BrN2O/c1-11-10-20-15(12(2)16(11)21-4)9-17(3,19)13-6-5-7-14(18)8-13/h5-8,10H,9,19H2,1-4H3. The number of halogens is 1. The molecule has 1 aromatic heterocycles. The van der Waals surface area contributed by atoms with E-state index in [1.807, 2.05) is 45.2 Å². The second-order valence-electron chi connectivity index (χ2n) is 5.65. The van der Waals surface area contributed by atoms with E-state index in [0.29, 0.717) is 6.42 Å². The highest BCUT2D eigenvalue weighted by Crippen LogP contribution is 2.29. The molecule has 0 aliphatic carbocycles. The van der Waals surface area contributed by atoms with Gasteiger partial charge in [-0.15, -0.1) is 0 Å². The monoisotopic (exact) mass is 348 g/mol. The smallest absolute Gasteiger partial charge is 0.128 e. The molecule has 0 fully saturated rings. The van der Waals surface area contributed by atoms with Gasteiger partial charge in [-0.05, 0) is 38.5 Å². The minimum Gasteiger partial charge on any atom is -0.496 e. The summed E-state index contributed by atoms with van der Waals surface area (Å²) in [6.07, 6.45) is 2.50. The van der Waals surface area contributed by atoms with Gasteiger partial charge in [0, 0.05) is 39.5 Å². The van der Waals surface area contributed by atoms with E-state index in [1.54, 1.807) is 7.11 Å². The Morgan fingerprint density at radius 3 is 2.67 bits per heavy atom. The van der Waals surface area contributed by atoms with Crippen LogP contribution in [-0.2, 0) is 12.0 Å². The first-order valence-electron chi connectivity index (χ1n) is 6.89. The fourth-order valence-corrected chi connectivity index (χ4v) is 2.94. The first kappa shape index (κ1) is 16.0. The number of aromatic nitrogens is 1. The molecule has 3 nitrogen and oxygen atoms in total. The number of nitrogens with zero attached hydrogens (tertiary/aromatic N) is 1. The average Bonchev–Trinajstić information content (AvgIpc) is 2.43. The highest BCUT2D eigenvalue weighted by molar-refractivity contribution is 9.10. The SMILES string of the molecule is COc1c(C)cnc(CC(C)(N)c2cccc(Br)c2)c1C. The fourth-order valence-electron chi connectivity index (χ4n) is 2.54. The van der Waals surface area contributed by atoms with E-state index >= 15 is 0 Å². The largest absolute Gasteiger partial charge is 0.496 e. The quantitative estimate of drug-likeness (QED) is 0.911. The predicted octanol–water partition coefficient (Wildman–Crippen LogP) is 3.89. The molecule has 1 atom stereocenters. The number of nitrogens with two attached hydrogens (primary N) is 1. The third kappa shape index (κ3) is 3.44. The van der Waals surface area contributed by atoms with Gasteiger partial charge in [-0.25, -0.2) is 0 Å². The zero-order valence-corrected chi connectivity index (χ0v) is 14.5. The molecular formula is C17H21BrN2O.